The van der Waals surface area contributed by atoms with E-state index in [1.54, 1.807) is 7.11 Å². The maximum Gasteiger partial charge on any atom is 0.224 e. The van der Waals surface area contributed by atoms with Crippen LogP contribution in [0.15, 0.2) is 51.9 Å². The summed E-state index contributed by atoms with van der Waals surface area (Å²) < 4.78 is 6.26. The molecule has 1 atom stereocenters. The number of rotatable bonds is 3. The normalized spacial score (nSPS) is 21.2. The van der Waals surface area contributed by atoms with Crippen molar-refractivity contribution in [3.8, 4) is 5.75 Å². The molecule has 2 heterocycles. The van der Waals surface area contributed by atoms with E-state index in [2.05, 4.69) is 48.8 Å². The van der Waals surface area contributed by atoms with E-state index < -0.39 is 0 Å². The summed E-state index contributed by atoms with van der Waals surface area (Å²) in [7, 11) is 1.66. The summed E-state index contributed by atoms with van der Waals surface area (Å²) in [4.78, 5) is 20.0. The van der Waals surface area contributed by atoms with Gasteiger partial charge in [0.2, 0.25) is 5.91 Å². The third kappa shape index (κ3) is 3.16. The van der Waals surface area contributed by atoms with Gasteiger partial charge in [-0.1, -0.05) is 48.8 Å². The van der Waals surface area contributed by atoms with Gasteiger partial charge in [0.05, 0.1) is 18.2 Å². The summed E-state index contributed by atoms with van der Waals surface area (Å²) in [5.74, 6) is 1.00. The molecule has 0 aliphatic carbocycles. The average Bonchev–Trinajstić information content (AvgIpc) is 3.13. The quantitative estimate of drug-likeness (QED) is 0.652. The van der Waals surface area contributed by atoms with Gasteiger partial charge in [-0.3, -0.25) is 9.79 Å². The predicted molar refractivity (Wildman–Crippen MR) is 115 cm³/mol. The summed E-state index contributed by atoms with van der Waals surface area (Å²) in [6.07, 6.45) is 0.475. The number of methoxy groups -OCH3 is 1. The maximum absolute atomic E-state index is 13.1. The molecule has 2 aromatic carbocycles. The van der Waals surface area contributed by atoms with Crippen LogP contribution < -0.4 is 4.74 Å². The minimum Gasteiger partial charge on any atom is -0.497 e. The lowest BCUT2D eigenvalue weighted by atomic mass is 9.68. The van der Waals surface area contributed by atoms with Gasteiger partial charge >= 0.3 is 0 Å². The third-order valence-electron chi connectivity index (χ3n) is 5.67. The Morgan fingerprint density at radius 3 is 2.54 bits per heavy atom. The van der Waals surface area contributed by atoms with Gasteiger partial charge < -0.3 is 9.64 Å². The smallest absolute Gasteiger partial charge is 0.224 e. The van der Waals surface area contributed by atoms with E-state index in [-0.39, 0.29) is 16.7 Å². The first-order valence-corrected chi connectivity index (χ1v) is 10.3. The second kappa shape index (κ2) is 6.73. The molecule has 1 spiro atoms. The molecule has 4 rings (SSSR count). The highest BCUT2D eigenvalue weighted by Gasteiger charge is 2.54. The highest BCUT2D eigenvalue weighted by atomic mass is 79.9. The van der Waals surface area contributed by atoms with Gasteiger partial charge in [-0.25, -0.2) is 0 Å². The lowest BCUT2D eigenvalue weighted by Gasteiger charge is -2.34. The van der Waals surface area contributed by atoms with Gasteiger partial charge in [0.25, 0.3) is 0 Å². The van der Waals surface area contributed by atoms with E-state index in [1.807, 2.05) is 35.2 Å². The third-order valence-corrected chi connectivity index (χ3v) is 6.16. The Bertz CT molecular complexity index is 960. The van der Waals surface area contributed by atoms with Crippen LogP contribution in [-0.2, 0) is 16.8 Å². The number of aliphatic imine (C=N–C) groups is 1. The van der Waals surface area contributed by atoms with Crippen LogP contribution in [0.2, 0.25) is 0 Å². The van der Waals surface area contributed by atoms with Crippen LogP contribution in [-0.4, -0.2) is 30.2 Å². The topological polar surface area (TPSA) is 41.9 Å². The molecule has 1 amide bonds. The van der Waals surface area contributed by atoms with Crippen molar-refractivity contribution in [3.63, 3.8) is 0 Å². The molecular weight excluding hydrogens is 416 g/mol. The van der Waals surface area contributed by atoms with E-state index in [0.29, 0.717) is 19.5 Å². The average molecular weight is 441 g/mol. The second-order valence-corrected chi connectivity index (χ2v) is 9.64. The lowest BCUT2D eigenvalue weighted by molar-refractivity contribution is -0.128. The molecule has 28 heavy (non-hydrogen) atoms. The molecule has 146 valence electrons. The molecule has 0 saturated carbocycles. The minimum absolute atomic E-state index is 0.109. The van der Waals surface area contributed by atoms with Crippen molar-refractivity contribution in [2.45, 2.75) is 39.2 Å². The van der Waals surface area contributed by atoms with Crippen molar-refractivity contribution in [1.82, 2.24) is 4.90 Å². The zero-order valence-electron chi connectivity index (χ0n) is 16.8. The number of amides is 1. The molecule has 0 unspecified atom stereocenters. The molecular formula is C23H25BrN2O2. The van der Waals surface area contributed by atoms with Gasteiger partial charge in [0.1, 0.15) is 5.75 Å². The van der Waals surface area contributed by atoms with Crippen LogP contribution in [0.25, 0.3) is 0 Å². The largest absolute Gasteiger partial charge is 0.497 e. The molecule has 2 aliphatic heterocycles. The van der Waals surface area contributed by atoms with E-state index in [0.717, 1.165) is 32.7 Å². The molecule has 1 fully saturated rings. The Balaban J connectivity index is 1.69. The van der Waals surface area contributed by atoms with Gasteiger partial charge in [-0.2, -0.15) is 0 Å². The van der Waals surface area contributed by atoms with Crippen LogP contribution >= 0.6 is 15.9 Å². The fraction of sp³-hybridized carbons (Fsp3) is 0.391. The van der Waals surface area contributed by atoms with E-state index in [1.165, 1.54) is 0 Å². The Kier molecular flexibility index (Phi) is 4.61. The number of halogens is 1. The first-order chi connectivity index (χ1) is 13.2. The molecule has 0 radical (unpaired) electrons. The van der Waals surface area contributed by atoms with Crippen LogP contribution in [0.5, 0.6) is 5.75 Å². The van der Waals surface area contributed by atoms with Gasteiger partial charge in [0, 0.05) is 35.1 Å². The van der Waals surface area contributed by atoms with Crippen molar-refractivity contribution < 1.29 is 9.53 Å². The predicted octanol–water partition coefficient (Wildman–Crippen LogP) is 5.26. The molecule has 5 heteroatoms. The van der Waals surface area contributed by atoms with E-state index in [4.69, 9.17) is 9.73 Å². The van der Waals surface area contributed by atoms with Crippen LogP contribution in [0.1, 0.15) is 38.3 Å². The summed E-state index contributed by atoms with van der Waals surface area (Å²) in [6, 6.07) is 14.1. The number of hydrogen-bond donors (Lipinski definition) is 0. The summed E-state index contributed by atoms with van der Waals surface area (Å²) in [6.45, 7) is 7.82. The molecule has 0 bridgehead atoms. The Morgan fingerprint density at radius 1 is 1.18 bits per heavy atom. The lowest BCUT2D eigenvalue weighted by Crippen LogP contribution is -2.43. The Morgan fingerprint density at radius 2 is 1.89 bits per heavy atom. The number of hydrogen-bond acceptors (Lipinski definition) is 3. The maximum atomic E-state index is 13.1. The first-order valence-electron chi connectivity index (χ1n) is 9.53. The van der Waals surface area contributed by atoms with Crippen LogP contribution in [0.3, 0.4) is 0 Å². The van der Waals surface area contributed by atoms with Gasteiger partial charge in [-0.15, -0.1) is 0 Å². The number of ether oxygens (including phenoxy) is 1. The molecule has 2 aromatic rings. The van der Waals surface area contributed by atoms with Gasteiger partial charge in [0.15, 0.2) is 0 Å². The van der Waals surface area contributed by atoms with Crippen LogP contribution in [0, 0.1) is 5.41 Å². The number of fused-ring (bicyclic) bond motifs is 2. The van der Waals surface area contributed by atoms with Crippen molar-refractivity contribution in [2.24, 2.45) is 10.4 Å². The highest BCUT2D eigenvalue weighted by Crippen LogP contribution is 2.51. The number of carbonyl (C=O) groups is 1. The second-order valence-electron chi connectivity index (χ2n) is 8.73. The van der Waals surface area contributed by atoms with Gasteiger partial charge in [-0.05, 0) is 41.5 Å². The molecule has 1 saturated heterocycles. The molecule has 0 N–H and O–H groups in total. The number of carbonyl (C=O) groups excluding carboxylic acids is 1. The van der Waals surface area contributed by atoms with Crippen molar-refractivity contribution in [2.75, 3.05) is 13.7 Å². The first kappa shape index (κ1) is 19.2. The Hall–Kier alpha value is -2.14. The number of likely N-dealkylation sites (tertiary alicyclic amines) is 1. The molecule has 2 aliphatic rings. The van der Waals surface area contributed by atoms with Crippen molar-refractivity contribution in [3.05, 3.63) is 58.1 Å². The van der Waals surface area contributed by atoms with Crippen LogP contribution in [0.4, 0.5) is 5.69 Å². The minimum atomic E-state index is -0.346. The number of benzene rings is 2. The summed E-state index contributed by atoms with van der Waals surface area (Å²) in [5, 5.41) is 0. The summed E-state index contributed by atoms with van der Waals surface area (Å²) in [5.41, 5.74) is 3.92. The van der Waals surface area contributed by atoms with E-state index >= 15 is 0 Å². The molecule has 0 aromatic heterocycles. The van der Waals surface area contributed by atoms with Crippen molar-refractivity contribution in [1.29, 1.82) is 0 Å². The van der Waals surface area contributed by atoms with Crippen molar-refractivity contribution >= 4 is 33.2 Å². The monoisotopic (exact) mass is 440 g/mol. The number of nitrogens with zero attached hydrogens (tertiary/aromatic N) is 2. The van der Waals surface area contributed by atoms with E-state index in [9.17, 15) is 4.79 Å². The fourth-order valence-corrected chi connectivity index (χ4v) is 4.86. The fourth-order valence-electron chi connectivity index (χ4n) is 4.50. The Labute approximate surface area is 174 Å². The SMILES string of the molecule is COc1ccc(CN2C[C@@]3(CC2=O)C(C(C)(C)C)=Nc2ccc(Br)cc23)cc1. The summed E-state index contributed by atoms with van der Waals surface area (Å²) >= 11 is 3.60. The highest BCUT2D eigenvalue weighted by molar-refractivity contribution is 9.10. The molecule has 4 nitrogen and oxygen atoms in total. The zero-order chi connectivity index (χ0) is 20.1. The zero-order valence-corrected chi connectivity index (χ0v) is 18.3. The standard InChI is InChI=1S/C23H25BrN2O2/c1-22(2,3)21-23(18-11-16(24)7-10-19(18)25-21)12-20(27)26(14-23)13-15-5-8-17(28-4)9-6-15/h5-11H,12-14H2,1-4H3/t23-/m1/s1.